The van der Waals surface area contributed by atoms with Gasteiger partial charge in [0.1, 0.15) is 5.82 Å². The topological polar surface area (TPSA) is 44.1 Å². The van der Waals surface area contributed by atoms with Crippen molar-refractivity contribution >= 4 is 17.3 Å². The van der Waals surface area contributed by atoms with Crippen LogP contribution in [0.1, 0.15) is 23.1 Å². The number of carbonyl (C=O) groups is 1. The molecule has 0 aliphatic rings. The maximum Gasteiger partial charge on any atom is 0.417 e. The summed E-state index contributed by atoms with van der Waals surface area (Å²) in [6.07, 6.45) is -4.13. The molecule has 0 N–H and O–H groups in total. The van der Waals surface area contributed by atoms with E-state index in [0.29, 0.717) is 18.4 Å². The molecule has 0 atom stereocenters. The molecule has 0 aliphatic carbocycles. The number of ether oxygens (including phenoxy) is 1. The fourth-order valence-corrected chi connectivity index (χ4v) is 2.92. The van der Waals surface area contributed by atoms with Crippen molar-refractivity contribution in [1.82, 2.24) is 9.55 Å². The van der Waals surface area contributed by atoms with Crippen molar-refractivity contribution in [2.75, 3.05) is 13.2 Å². The van der Waals surface area contributed by atoms with Crippen LogP contribution in [0.3, 0.4) is 0 Å². The van der Waals surface area contributed by atoms with Gasteiger partial charge < -0.3 is 9.30 Å². The van der Waals surface area contributed by atoms with E-state index in [-0.39, 0.29) is 35.6 Å². The molecule has 2 aromatic carbocycles. The molecule has 1 heterocycles. The molecule has 0 saturated heterocycles. The molecule has 8 heteroatoms. The highest BCUT2D eigenvalue weighted by molar-refractivity contribution is 5.88. The molecule has 0 aliphatic heterocycles. The minimum absolute atomic E-state index is 0.0223. The summed E-state index contributed by atoms with van der Waals surface area (Å²) in [7, 11) is 0. The lowest BCUT2D eigenvalue weighted by atomic mass is 9.98. The van der Waals surface area contributed by atoms with Crippen LogP contribution >= 0.6 is 0 Å². The van der Waals surface area contributed by atoms with E-state index in [9.17, 15) is 22.4 Å². The Labute approximate surface area is 152 Å². The quantitative estimate of drug-likeness (QED) is 0.353. The number of aldehydes is 1. The lowest BCUT2D eigenvalue weighted by molar-refractivity contribution is -0.137. The zero-order valence-electron chi connectivity index (χ0n) is 14.4. The fourth-order valence-electron chi connectivity index (χ4n) is 2.92. The monoisotopic (exact) mass is 380 g/mol. The van der Waals surface area contributed by atoms with Crippen LogP contribution in [0.15, 0.2) is 36.4 Å². The van der Waals surface area contributed by atoms with Crippen molar-refractivity contribution in [3.63, 3.8) is 0 Å². The molecule has 0 amide bonds. The van der Waals surface area contributed by atoms with Crippen LogP contribution in [0.25, 0.3) is 22.2 Å². The highest BCUT2D eigenvalue weighted by Crippen LogP contribution is 2.39. The molecule has 3 aromatic rings. The third-order valence-electron chi connectivity index (χ3n) is 4.15. The Bertz CT molecular complexity index is 962. The molecule has 142 valence electrons. The van der Waals surface area contributed by atoms with E-state index >= 15 is 0 Å². The molecule has 0 radical (unpaired) electrons. The molecule has 4 nitrogen and oxygen atoms in total. The van der Waals surface area contributed by atoms with Gasteiger partial charge in [0, 0.05) is 13.2 Å². The van der Waals surface area contributed by atoms with E-state index in [2.05, 4.69) is 4.98 Å². The first kappa shape index (κ1) is 19.0. The molecule has 3 rings (SSSR count). The number of hydrogen-bond acceptors (Lipinski definition) is 3. The zero-order valence-corrected chi connectivity index (χ0v) is 14.4. The number of halogens is 4. The Kier molecular flexibility index (Phi) is 5.27. The van der Waals surface area contributed by atoms with E-state index < -0.39 is 17.6 Å². The highest BCUT2D eigenvalue weighted by atomic mass is 19.4. The second-order valence-corrected chi connectivity index (χ2v) is 5.83. The Morgan fingerprint density at radius 1 is 1.19 bits per heavy atom. The van der Waals surface area contributed by atoms with Gasteiger partial charge in [-0.25, -0.2) is 9.37 Å². The van der Waals surface area contributed by atoms with E-state index in [1.54, 1.807) is 0 Å². The van der Waals surface area contributed by atoms with Crippen molar-refractivity contribution in [3.8, 4) is 11.1 Å². The van der Waals surface area contributed by atoms with Gasteiger partial charge in [-0.05, 0) is 42.3 Å². The van der Waals surface area contributed by atoms with Gasteiger partial charge in [0.05, 0.1) is 23.2 Å². The molecule has 0 unspecified atom stereocenters. The largest absolute Gasteiger partial charge is 0.417 e. The van der Waals surface area contributed by atoms with E-state index in [4.69, 9.17) is 4.74 Å². The predicted octanol–water partition coefficient (Wildman–Crippen LogP) is 4.71. The summed E-state index contributed by atoms with van der Waals surface area (Å²) in [5, 5.41) is 0. The summed E-state index contributed by atoms with van der Waals surface area (Å²) in [6, 6.07) is 7.02. The first-order chi connectivity index (χ1) is 12.8. The maximum absolute atomic E-state index is 13.6. The van der Waals surface area contributed by atoms with Gasteiger partial charge in [0.15, 0.2) is 12.1 Å². The molecular formula is C19H16F4N2O2. The molecule has 0 spiro atoms. The standard InChI is InChI=1S/C19H16F4N2O2/c1-2-27-8-7-25-17-9-14(12-3-5-13(20)6-4-12)15(19(21,22)23)10-16(17)24-18(25)11-26/h3-6,9-11H,2,7-8H2,1H3. The van der Waals surface area contributed by atoms with Crippen LogP contribution in [-0.2, 0) is 17.5 Å². The summed E-state index contributed by atoms with van der Waals surface area (Å²) in [6.45, 7) is 2.85. The van der Waals surface area contributed by atoms with Crippen molar-refractivity contribution in [2.45, 2.75) is 19.6 Å². The fraction of sp³-hybridized carbons (Fsp3) is 0.263. The van der Waals surface area contributed by atoms with Gasteiger partial charge in [0.2, 0.25) is 0 Å². The predicted molar refractivity (Wildman–Crippen MR) is 92.0 cm³/mol. The van der Waals surface area contributed by atoms with Crippen LogP contribution in [0.4, 0.5) is 17.6 Å². The number of aromatic nitrogens is 2. The minimum atomic E-state index is -4.63. The number of nitrogens with zero attached hydrogens (tertiary/aromatic N) is 2. The van der Waals surface area contributed by atoms with Crippen LogP contribution in [0.5, 0.6) is 0 Å². The van der Waals surface area contributed by atoms with Gasteiger partial charge in [-0.2, -0.15) is 13.2 Å². The Balaban J connectivity index is 2.23. The number of fused-ring (bicyclic) bond motifs is 1. The molecule has 27 heavy (non-hydrogen) atoms. The Morgan fingerprint density at radius 3 is 2.48 bits per heavy atom. The van der Waals surface area contributed by atoms with Crippen molar-refractivity contribution in [1.29, 1.82) is 0 Å². The number of carbonyl (C=O) groups excluding carboxylic acids is 1. The molecular weight excluding hydrogens is 364 g/mol. The summed E-state index contributed by atoms with van der Waals surface area (Å²) in [5.41, 5.74) is -0.342. The zero-order chi connectivity index (χ0) is 19.6. The molecule has 1 aromatic heterocycles. The average molecular weight is 380 g/mol. The van der Waals surface area contributed by atoms with Gasteiger partial charge in [-0.15, -0.1) is 0 Å². The maximum atomic E-state index is 13.6. The summed E-state index contributed by atoms with van der Waals surface area (Å²) in [5.74, 6) is -0.521. The first-order valence-electron chi connectivity index (χ1n) is 8.25. The lowest BCUT2D eigenvalue weighted by Crippen LogP contribution is -2.10. The Morgan fingerprint density at radius 2 is 1.89 bits per heavy atom. The van der Waals surface area contributed by atoms with Gasteiger partial charge in [-0.1, -0.05) is 12.1 Å². The third kappa shape index (κ3) is 3.85. The smallest absolute Gasteiger partial charge is 0.380 e. The summed E-state index contributed by atoms with van der Waals surface area (Å²) in [4.78, 5) is 15.3. The number of imidazole rings is 1. The molecule has 0 saturated carbocycles. The van der Waals surface area contributed by atoms with Crippen molar-refractivity contribution in [2.24, 2.45) is 0 Å². The number of hydrogen-bond donors (Lipinski definition) is 0. The van der Waals surface area contributed by atoms with E-state index in [1.807, 2.05) is 6.92 Å². The van der Waals surface area contributed by atoms with E-state index in [1.165, 1.54) is 22.8 Å². The van der Waals surface area contributed by atoms with Gasteiger partial charge >= 0.3 is 6.18 Å². The summed E-state index contributed by atoms with van der Waals surface area (Å²) >= 11 is 0. The third-order valence-corrected chi connectivity index (χ3v) is 4.15. The number of rotatable bonds is 6. The average Bonchev–Trinajstić information content (AvgIpc) is 2.98. The lowest BCUT2D eigenvalue weighted by Gasteiger charge is -2.14. The minimum Gasteiger partial charge on any atom is -0.380 e. The number of alkyl halides is 3. The summed E-state index contributed by atoms with van der Waals surface area (Å²) < 4.78 is 60.7. The SMILES string of the molecule is CCOCCn1c(C=O)nc2cc(C(F)(F)F)c(-c3ccc(F)cc3)cc21. The van der Waals surface area contributed by atoms with Crippen LogP contribution in [-0.4, -0.2) is 29.1 Å². The van der Waals surface area contributed by atoms with Crippen molar-refractivity contribution < 1.29 is 27.1 Å². The van der Waals surface area contributed by atoms with E-state index in [0.717, 1.165) is 18.2 Å². The molecule has 0 bridgehead atoms. The second kappa shape index (κ2) is 7.48. The number of benzene rings is 2. The molecule has 0 fully saturated rings. The van der Waals surface area contributed by atoms with Crippen LogP contribution in [0, 0.1) is 5.82 Å². The Hall–Kier alpha value is -2.74. The highest BCUT2D eigenvalue weighted by Gasteiger charge is 2.35. The van der Waals surface area contributed by atoms with Gasteiger partial charge in [0.25, 0.3) is 0 Å². The van der Waals surface area contributed by atoms with Crippen LogP contribution < -0.4 is 0 Å². The normalized spacial score (nSPS) is 11.9. The van der Waals surface area contributed by atoms with Gasteiger partial charge in [-0.3, -0.25) is 4.79 Å². The van der Waals surface area contributed by atoms with Crippen molar-refractivity contribution in [3.05, 3.63) is 53.6 Å². The first-order valence-corrected chi connectivity index (χ1v) is 8.25. The second-order valence-electron chi connectivity index (χ2n) is 5.83. The van der Waals surface area contributed by atoms with Crippen LogP contribution in [0.2, 0.25) is 0 Å².